The maximum Gasteiger partial charge on any atom is 0.161 e. The summed E-state index contributed by atoms with van der Waals surface area (Å²) in [7, 11) is 3.33. The minimum absolute atomic E-state index is 0.307. The fraction of sp³-hybridized carbons (Fsp3) is 0.647. The number of benzene rings is 1. The molecular weight excluding hydrogens is 264 g/mol. The normalized spacial score (nSPS) is 12.5. The lowest BCUT2D eigenvalue weighted by Gasteiger charge is -2.20. The summed E-state index contributed by atoms with van der Waals surface area (Å²) in [6.45, 7) is 11.0. The van der Waals surface area contributed by atoms with Crippen LogP contribution in [0, 0.1) is 0 Å². The molecule has 1 atom stereocenters. The van der Waals surface area contributed by atoms with Crippen molar-refractivity contribution in [1.82, 2.24) is 10.2 Å². The highest BCUT2D eigenvalue weighted by Crippen LogP contribution is 2.29. The molecule has 1 rings (SSSR count). The maximum absolute atomic E-state index is 5.35. The molecule has 0 aromatic heterocycles. The first-order valence-electron chi connectivity index (χ1n) is 7.83. The highest BCUT2D eigenvalue weighted by atomic mass is 16.5. The van der Waals surface area contributed by atoms with Crippen molar-refractivity contribution in [2.75, 3.05) is 40.4 Å². The Morgan fingerprint density at radius 3 is 2.33 bits per heavy atom. The van der Waals surface area contributed by atoms with Crippen LogP contribution < -0.4 is 14.8 Å². The number of nitrogens with zero attached hydrogens (tertiary/aromatic N) is 1. The van der Waals surface area contributed by atoms with Crippen molar-refractivity contribution in [1.29, 1.82) is 0 Å². The Balaban J connectivity index is 2.46. The third-order valence-corrected chi connectivity index (χ3v) is 3.90. The van der Waals surface area contributed by atoms with Crippen LogP contribution in [0.4, 0.5) is 0 Å². The zero-order chi connectivity index (χ0) is 15.7. The summed E-state index contributed by atoms with van der Waals surface area (Å²) < 4.78 is 10.6. The van der Waals surface area contributed by atoms with Gasteiger partial charge in [-0.05, 0) is 57.2 Å². The first-order chi connectivity index (χ1) is 10.2. The minimum atomic E-state index is 0.307. The van der Waals surface area contributed by atoms with E-state index >= 15 is 0 Å². The van der Waals surface area contributed by atoms with E-state index in [-0.39, 0.29) is 0 Å². The molecule has 0 aliphatic rings. The van der Waals surface area contributed by atoms with E-state index < -0.39 is 0 Å². The summed E-state index contributed by atoms with van der Waals surface area (Å²) in [5, 5.41) is 3.57. The van der Waals surface area contributed by atoms with Gasteiger partial charge in [-0.15, -0.1) is 0 Å². The van der Waals surface area contributed by atoms with Gasteiger partial charge in [-0.25, -0.2) is 0 Å². The second-order valence-electron chi connectivity index (χ2n) is 5.17. The average Bonchev–Trinajstić information content (AvgIpc) is 2.54. The van der Waals surface area contributed by atoms with Gasteiger partial charge in [-0.1, -0.05) is 19.9 Å². The number of methoxy groups -OCH3 is 2. The molecule has 1 unspecified atom stereocenters. The van der Waals surface area contributed by atoms with Gasteiger partial charge in [-0.2, -0.15) is 0 Å². The molecule has 0 fully saturated rings. The van der Waals surface area contributed by atoms with Crippen LogP contribution in [-0.2, 0) is 0 Å². The van der Waals surface area contributed by atoms with Gasteiger partial charge in [0.05, 0.1) is 14.2 Å². The SMILES string of the molecule is CCN(CC)CCCNC(C)c1ccc(OC)c(OC)c1. The average molecular weight is 294 g/mol. The highest BCUT2D eigenvalue weighted by molar-refractivity contribution is 5.43. The van der Waals surface area contributed by atoms with Gasteiger partial charge >= 0.3 is 0 Å². The standard InChI is InChI=1S/C17H30N2O2/c1-6-19(7-2)12-8-11-18-14(3)15-9-10-16(20-4)17(13-15)21-5/h9-10,13-14,18H,6-8,11-12H2,1-5H3. The van der Waals surface area contributed by atoms with Gasteiger partial charge in [0.1, 0.15) is 0 Å². The third-order valence-electron chi connectivity index (χ3n) is 3.90. The lowest BCUT2D eigenvalue weighted by molar-refractivity contribution is 0.296. The maximum atomic E-state index is 5.35. The van der Waals surface area contributed by atoms with Gasteiger partial charge in [-0.3, -0.25) is 0 Å². The van der Waals surface area contributed by atoms with Crippen LogP contribution in [0.3, 0.4) is 0 Å². The smallest absolute Gasteiger partial charge is 0.161 e. The zero-order valence-electron chi connectivity index (χ0n) is 14.1. The minimum Gasteiger partial charge on any atom is -0.493 e. The highest BCUT2D eigenvalue weighted by Gasteiger charge is 2.09. The van der Waals surface area contributed by atoms with E-state index in [1.807, 2.05) is 12.1 Å². The Hall–Kier alpha value is -1.26. The van der Waals surface area contributed by atoms with Gasteiger partial charge in [0, 0.05) is 6.04 Å². The third kappa shape index (κ3) is 5.56. The molecule has 0 aliphatic heterocycles. The summed E-state index contributed by atoms with van der Waals surface area (Å²) >= 11 is 0. The lowest BCUT2D eigenvalue weighted by Crippen LogP contribution is -2.28. The topological polar surface area (TPSA) is 33.7 Å². The first kappa shape index (κ1) is 17.8. The van der Waals surface area contributed by atoms with Crippen molar-refractivity contribution in [2.45, 2.75) is 33.2 Å². The fourth-order valence-electron chi connectivity index (χ4n) is 2.40. The van der Waals surface area contributed by atoms with Crippen molar-refractivity contribution in [3.05, 3.63) is 23.8 Å². The van der Waals surface area contributed by atoms with E-state index in [0.29, 0.717) is 6.04 Å². The number of hydrogen-bond donors (Lipinski definition) is 1. The molecule has 0 saturated carbocycles. The molecule has 4 heteroatoms. The number of rotatable bonds is 10. The van der Waals surface area contributed by atoms with Crippen molar-refractivity contribution < 1.29 is 9.47 Å². The van der Waals surface area contributed by atoms with Crippen LogP contribution in [0.25, 0.3) is 0 Å². The molecule has 0 aliphatic carbocycles. The Bertz CT molecular complexity index is 406. The number of ether oxygens (including phenoxy) is 2. The first-order valence-corrected chi connectivity index (χ1v) is 7.83. The quantitative estimate of drug-likeness (QED) is 0.672. The molecule has 0 amide bonds. The van der Waals surface area contributed by atoms with E-state index in [2.05, 4.69) is 37.1 Å². The monoisotopic (exact) mass is 294 g/mol. The molecule has 1 N–H and O–H groups in total. The molecule has 21 heavy (non-hydrogen) atoms. The number of nitrogens with one attached hydrogen (secondary N) is 1. The molecular formula is C17H30N2O2. The summed E-state index contributed by atoms with van der Waals surface area (Å²) in [5.41, 5.74) is 1.22. The van der Waals surface area contributed by atoms with Gasteiger partial charge in [0.25, 0.3) is 0 Å². The molecule has 4 nitrogen and oxygen atoms in total. The van der Waals surface area contributed by atoms with E-state index in [1.165, 1.54) is 12.0 Å². The Morgan fingerprint density at radius 2 is 1.76 bits per heavy atom. The van der Waals surface area contributed by atoms with Crippen molar-refractivity contribution in [2.24, 2.45) is 0 Å². The predicted octanol–water partition coefficient (Wildman–Crippen LogP) is 3.09. The van der Waals surface area contributed by atoms with Crippen LogP contribution in [0.5, 0.6) is 11.5 Å². The lowest BCUT2D eigenvalue weighted by atomic mass is 10.1. The van der Waals surface area contributed by atoms with E-state index in [0.717, 1.165) is 37.7 Å². The van der Waals surface area contributed by atoms with Crippen LogP contribution in [0.2, 0.25) is 0 Å². The van der Waals surface area contributed by atoms with Crippen LogP contribution in [0.15, 0.2) is 18.2 Å². The van der Waals surface area contributed by atoms with Gasteiger partial charge < -0.3 is 19.7 Å². The second-order valence-corrected chi connectivity index (χ2v) is 5.17. The largest absolute Gasteiger partial charge is 0.493 e. The molecule has 0 heterocycles. The summed E-state index contributed by atoms with van der Waals surface area (Å²) in [5.74, 6) is 1.56. The fourth-order valence-corrected chi connectivity index (χ4v) is 2.40. The molecule has 0 bridgehead atoms. The van der Waals surface area contributed by atoms with Crippen molar-refractivity contribution in [3.63, 3.8) is 0 Å². The zero-order valence-corrected chi connectivity index (χ0v) is 14.1. The Labute approximate surface area is 129 Å². The van der Waals surface area contributed by atoms with E-state index in [4.69, 9.17) is 9.47 Å². The molecule has 1 aromatic carbocycles. The second kappa shape index (κ2) is 9.64. The summed E-state index contributed by atoms with van der Waals surface area (Å²) in [4.78, 5) is 2.45. The molecule has 0 radical (unpaired) electrons. The summed E-state index contributed by atoms with van der Waals surface area (Å²) in [6, 6.07) is 6.40. The van der Waals surface area contributed by atoms with Crippen molar-refractivity contribution in [3.8, 4) is 11.5 Å². The Morgan fingerprint density at radius 1 is 1.10 bits per heavy atom. The van der Waals surface area contributed by atoms with E-state index in [9.17, 15) is 0 Å². The van der Waals surface area contributed by atoms with Crippen molar-refractivity contribution >= 4 is 0 Å². The van der Waals surface area contributed by atoms with Crippen LogP contribution in [-0.4, -0.2) is 45.3 Å². The van der Waals surface area contributed by atoms with Gasteiger partial charge in [0.2, 0.25) is 0 Å². The van der Waals surface area contributed by atoms with Gasteiger partial charge in [0.15, 0.2) is 11.5 Å². The Kier molecular flexibility index (Phi) is 8.16. The predicted molar refractivity (Wildman–Crippen MR) is 88.4 cm³/mol. The number of hydrogen-bond acceptors (Lipinski definition) is 4. The molecule has 0 saturated heterocycles. The van der Waals surface area contributed by atoms with Crippen LogP contribution in [0.1, 0.15) is 38.8 Å². The molecule has 120 valence electrons. The van der Waals surface area contributed by atoms with Crippen LogP contribution >= 0.6 is 0 Å². The molecule has 0 spiro atoms. The summed E-state index contributed by atoms with van der Waals surface area (Å²) in [6.07, 6.45) is 1.17. The molecule has 1 aromatic rings. The van der Waals surface area contributed by atoms with E-state index in [1.54, 1.807) is 14.2 Å².